The van der Waals surface area contributed by atoms with Gasteiger partial charge in [-0.3, -0.25) is 4.79 Å². The third kappa shape index (κ3) is 3.16. The Morgan fingerprint density at radius 2 is 2.12 bits per heavy atom. The van der Waals surface area contributed by atoms with Crippen molar-refractivity contribution in [2.45, 2.75) is 57.6 Å². The van der Waals surface area contributed by atoms with Crippen LogP contribution in [0.1, 0.15) is 43.9 Å². The highest BCUT2D eigenvalue weighted by molar-refractivity contribution is 5.78. The highest BCUT2D eigenvalue weighted by atomic mass is 16.5. The van der Waals surface area contributed by atoms with Gasteiger partial charge in [0.1, 0.15) is 11.9 Å². The predicted molar refractivity (Wildman–Crippen MR) is 89.8 cm³/mol. The standard InChI is InChI=1S/C19H22N2O3/c1-12-8-14-9-13(6-7-17(14)23-12)18-10-16(21-24-18)11-19(22)20-15-4-2-3-5-15/h6-7,9-10,12,15H,2-5,8,11H2,1H3,(H,20,22)/t12-/m0/s1. The van der Waals surface area contributed by atoms with Gasteiger partial charge >= 0.3 is 0 Å². The van der Waals surface area contributed by atoms with E-state index >= 15 is 0 Å². The number of nitrogens with zero attached hydrogens (tertiary/aromatic N) is 1. The van der Waals surface area contributed by atoms with Crippen LogP contribution < -0.4 is 10.1 Å². The molecule has 2 aromatic rings. The minimum Gasteiger partial charge on any atom is -0.490 e. The fourth-order valence-electron chi connectivity index (χ4n) is 3.62. The van der Waals surface area contributed by atoms with Crippen molar-refractivity contribution in [2.24, 2.45) is 0 Å². The van der Waals surface area contributed by atoms with E-state index in [1.807, 2.05) is 18.2 Å². The van der Waals surface area contributed by atoms with Crippen molar-refractivity contribution in [3.63, 3.8) is 0 Å². The molecule has 0 spiro atoms. The molecular formula is C19H22N2O3. The van der Waals surface area contributed by atoms with E-state index < -0.39 is 0 Å². The second kappa shape index (κ2) is 6.30. The SMILES string of the molecule is C[C@H]1Cc2cc(-c3cc(CC(=O)NC4CCCC4)no3)ccc2O1. The maximum Gasteiger partial charge on any atom is 0.226 e. The second-order valence-corrected chi connectivity index (χ2v) is 6.86. The van der Waals surface area contributed by atoms with Crippen molar-refractivity contribution >= 4 is 5.91 Å². The van der Waals surface area contributed by atoms with Crippen LogP contribution in [0.3, 0.4) is 0 Å². The molecule has 5 heteroatoms. The number of benzene rings is 1. The summed E-state index contributed by atoms with van der Waals surface area (Å²) in [5.74, 6) is 1.67. The largest absolute Gasteiger partial charge is 0.490 e. The van der Waals surface area contributed by atoms with Crippen molar-refractivity contribution in [3.8, 4) is 17.1 Å². The summed E-state index contributed by atoms with van der Waals surface area (Å²) in [6, 6.07) is 8.22. The molecule has 2 heterocycles. The van der Waals surface area contributed by atoms with Crippen LogP contribution in [0.15, 0.2) is 28.8 Å². The minimum atomic E-state index is 0.0259. The van der Waals surface area contributed by atoms with E-state index in [1.54, 1.807) is 0 Å². The smallest absolute Gasteiger partial charge is 0.226 e. The zero-order valence-corrected chi connectivity index (χ0v) is 13.9. The van der Waals surface area contributed by atoms with E-state index in [1.165, 1.54) is 18.4 Å². The summed E-state index contributed by atoms with van der Waals surface area (Å²) >= 11 is 0. The number of fused-ring (bicyclic) bond motifs is 1. The summed E-state index contributed by atoms with van der Waals surface area (Å²) < 4.78 is 11.2. The van der Waals surface area contributed by atoms with Gasteiger partial charge in [-0.15, -0.1) is 0 Å². The number of hydrogen-bond donors (Lipinski definition) is 1. The number of aromatic nitrogens is 1. The molecular weight excluding hydrogens is 304 g/mol. The number of carbonyl (C=O) groups is 1. The molecule has 0 bridgehead atoms. The van der Waals surface area contributed by atoms with E-state index in [0.717, 1.165) is 30.6 Å². The zero-order chi connectivity index (χ0) is 16.5. The molecule has 1 aliphatic carbocycles. The zero-order valence-electron chi connectivity index (χ0n) is 13.9. The number of hydrogen-bond acceptors (Lipinski definition) is 4. The lowest BCUT2D eigenvalue weighted by Gasteiger charge is -2.10. The fraction of sp³-hybridized carbons (Fsp3) is 0.474. The summed E-state index contributed by atoms with van der Waals surface area (Å²) in [4.78, 5) is 12.1. The molecule has 126 valence electrons. The van der Waals surface area contributed by atoms with Crippen LogP contribution in [0, 0.1) is 0 Å². The Hall–Kier alpha value is -2.30. The highest BCUT2D eigenvalue weighted by Crippen LogP contribution is 2.33. The summed E-state index contributed by atoms with van der Waals surface area (Å²) in [5, 5.41) is 7.13. The van der Waals surface area contributed by atoms with E-state index in [-0.39, 0.29) is 18.4 Å². The first-order valence-corrected chi connectivity index (χ1v) is 8.72. The van der Waals surface area contributed by atoms with Gasteiger partial charge in [0.15, 0.2) is 5.76 Å². The molecule has 1 aliphatic heterocycles. The Balaban J connectivity index is 1.43. The predicted octanol–water partition coefficient (Wildman–Crippen LogP) is 3.27. The number of nitrogens with one attached hydrogen (secondary N) is 1. The summed E-state index contributed by atoms with van der Waals surface area (Å²) in [7, 11) is 0. The molecule has 1 aromatic carbocycles. The van der Waals surface area contributed by atoms with E-state index in [2.05, 4.69) is 23.5 Å². The molecule has 1 N–H and O–H groups in total. The Kier molecular flexibility index (Phi) is 4.00. The van der Waals surface area contributed by atoms with Crippen LogP contribution in [0.25, 0.3) is 11.3 Å². The maximum absolute atomic E-state index is 12.1. The Morgan fingerprint density at radius 1 is 1.29 bits per heavy atom. The summed E-state index contributed by atoms with van der Waals surface area (Å²) in [6.45, 7) is 2.06. The van der Waals surface area contributed by atoms with Gasteiger partial charge in [-0.1, -0.05) is 18.0 Å². The summed E-state index contributed by atoms with van der Waals surface area (Å²) in [5.41, 5.74) is 2.84. The molecule has 1 amide bonds. The van der Waals surface area contributed by atoms with Crippen LogP contribution in [0.5, 0.6) is 5.75 Å². The fourth-order valence-corrected chi connectivity index (χ4v) is 3.62. The minimum absolute atomic E-state index is 0.0259. The normalized spacial score (nSPS) is 20.0. The Labute approximate surface area is 141 Å². The van der Waals surface area contributed by atoms with Gasteiger partial charge in [0, 0.05) is 24.1 Å². The Bertz CT molecular complexity index is 747. The van der Waals surface area contributed by atoms with Gasteiger partial charge in [-0.25, -0.2) is 0 Å². The van der Waals surface area contributed by atoms with Gasteiger partial charge in [0.2, 0.25) is 5.91 Å². The van der Waals surface area contributed by atoms with Crippen molar-refractivity contribution in [2.75, 3.05) is 0 Å². The monoisotopic (exact) mass is 326 g/mol. The van der Waals surface area contributed by atoms with Crippen molar-refractivity contribution in [3.05, 3.63) is 35.5 Å². The number of carbonyl (C=O) groups excluding carboxylic acids is 1. The number of ether oxygens (including phenoxy) is 1. The molecule has 1 saturated carbocycles. The number of rotatable bonds is 4. The van der Waals surface area contributed by atoms with E-state index in [9.17, 15) is 4.79 Å². The third-order valence-corrected chi connectivity index (χ3v) is 4.80. The van der Waals surface area contributed by atoms with Gasteiger partial charge in [0.25, 0.3) is 0 Å². The summed E-state index contributed by atoms with van der Waals surface area (Å²) in [6.07, 6.45) is 6.00. The van der Waals surface area contributed by atoms with Gasteiger partial charge in [-0.2, -0.15) is 0 Å². The molecule has 0 radical (unpaired) electrons. The first kappa shape index (κ1) is 15.2. The molecule has 1 atom stereocenters. The molecule has 4 rings (SSSR count). The molecule has 1 fully saturated rings. The maximum atomic E-state index is 12.1. The van der Waals surface area contributed by atoms with Crippen LogP contribution in [-0.4, -0.2) is 23.2 Å². The number of amides is 1. The van der Waals surface area contributed by atoms with Gasteiger partial charge in [0.05, 0.1) is 12.1 Å². The van der Waals surface area contributed by atoms with Crippen LogP contribution >= 0.6 is 0 Å². The molecule has 0 saturated heterocycles. The lowest BCUT2D eigenvalue weighted by molar-refractivity contribution is -0.121. The second-order valence-electron chi connectivity index (χ2n) is 6.86. The first-order chi connectivity index (χ1) is 11.7. The average molecular weight is 326 g/mol. The molecule has 5 nitrogen and oxygen atoms in total. The van der Waals surface area contributed by atoms with Crippen molar-refractivity contribution in [1.82, 2.24) is 10.5 Å². The highest BCUT2D eigenvalue weighted by Gasteiger charge is 2.21. The van der Waals surface area contributed by atoms with Crippen molar-refractivity contribution < 1.29 is 14.1 Å². The Morgan fingerprint density at radius 3 is 2.96 bits per heavy atom. The van der Waals surface area contributed by atoms with E-state index in [4.69, 9.17) is 9.26 Å². The molecule has 24 heavy (non-hydrogen) atoms. The van der Waals surface area contributed by atoms with Crippen LogP contribution in [0.2, 0.25) is 0 Å². The van der Waals surface area contributed by atoms with Crippen molar-refractivity contribution in [1.29, 1.82) is 0 Å². The lowest BCUT2D eigenvalue weighted by atomic mass is 10.1. The molecule has 2 aliphatic rings. The van der Waals surface area contributed by atoms with Gasteiger partial charge in [-0.05, 0) is 43.5 Å². The topological polar surface area (TPSA) is 64.4 Å². The van der Waals surface area contributed by atoms with Gasteiger partial charge < -0.3 is 14.6 Å². The van der Waals surface area contributed by atoms with Crippen LogP contribution in [0.4, 0.5) is 0 Å². The lowest BCUT2D eigenvalue weighted by Crippen LogP contribution is -2.33. The first-order valence-electron chi connectivity index (χ1n) is 8.72. The van der Waals surface area contributed by atoms with E-state index in [0.29, 0.717) is 17.5 Å². The molecule has 1 aromatic heterocycles. The molecule has 0 unspecified atom stereocenters. The third-order valence-electron chi connectivity index (χ3n) is 4.80. The quantitative estimate of drug-likeness (QED) is 0.936. The average Bonchev–Trinajstić information content (AvgIpc) is 3.26. The van der Waals surface area contributed by atoms with Crippen LogP contribution in [-0.2, 0) is 17.6 Å².